The Labute approximate surface area is 215 Å². The van der Waals surface area contributed by atoms with Gasteiger partial charge in [0.15, 0.2) is 0 Å². The quantitative estimate of drug-likeness (QED) is 0.362. The van der Waals surface area contributed by atoms with Crippen LogP contribution >= 0.6 is 0 Å². The molecule has 0 aromatic rings. The molecular formula is C34H62. The lowest BCUT2D eigenvalue weighted by atomic mass is 9.53. The maximum atomic E-state index is 2.63. The standard InChI is InChI=1S/C24H44.C10H18/c1-5-8-11-21-17(4)15-20-10-9-12-22(20)24(21)23-14-13-18(6-2)16-19(23)7-3;1-8-6-7-9-4-2-3-5-10(8)9/h17-24H,5-16H2,1-4H3;8-10H,2-7H2,1H3. The summed E-state index contributed by atoms with van der Waals surface area (Å²) in [5, 5.41) is 0. The van der Waals surface area contributed by atoms with Crippen LogP contribution in [0.1, 0.15) is 150 Å². The summed E-state index contributed by atoms with van der Waals surface area (Å²) in [6, 6.07) is 0. The van der Waals surface area contributed by atoms with E-state index in [1.54, 1.807) is 64.2 Å². The van der Waals surface area contributed by atoms with Gasteiger partial charge in [-0.05, 0) is 110 Å². The van der Waals surface area contributed by atoms with Crippen molar-refractivity contribution in [2.24, 2.45) is 65.1 Å². The van der Waals surface area contributed by atoms with Crippen molar-refractivity contribution in [3.8, 4) is 0 Å². The molecule has 0 spiro atoms. The molecule has 0 heterocycles. The third-order valence-corrected chi connectivity index (χ3v) is 12.4. The molecule has 0 bridgehead atoms. The first kappa shape index (κ1) is 27.0. The largest absolute Gasteiger partial charge is 0.0654 e. The minimum atomic E-state index is 1.00. The molecule has 198 valence electrons. The molecule has 0 radical (unpaired) electrons. The highest BCUT2D eigenvalue weighted by molar-refractivity contribution is 4.98. The lowest BCUT2D eigenvalue weighted by Gasteiger charge is -2.52. The van der Waals surface area contributed by atoms with E-state index in [9.17, 15) is 0 Å². The van der Waals surface area contributed by atoms with Crippen molar-refractivity contribution >= 4 is 0 Å². The van der Waals surface area contributed by atoms with Crippen molar-refractivity contribution in [2.45, 2.75) is 150 Å². The average Bonchev–Trinajstić information content (AvgIpc) is 3.49. The summed E-state index contributed by atoms with van der Waals surface area (Å²) in [5.41, 5.74) is 0. The topological polar surface area (TPSA) is 0 Å². The zero-order chi connectivity index (χ0) is 24.1. The van der Waals surface area contributed by atoms with E-state index in [-0.39, 0.29) is 0 Å². The van der Waals surface area contributed by atoms with Gasteiger partial charge >= 0.3 is 0 Å². The molecule has 0 aromatic heterocycles. The van der Waals surface area contributed by atoms with Gasteiger partial charge in [-0.3, -0.25) is 0 Å². The summed E-state index contributed by atoms with van der Waals surface area (Å²) >= 11 is 0. The lowest BCUT2D eigenvalue weighted by molar-refractivity contribution is -0.0276. The van der Waals surface area contributed by atoms with Crippen LogP contribution in [0, 0.1) is 65.1 Å². The second-order valence-corrected chi connectivity index (χ2v) is 14.1. The summed E-state index contributed by atoms with van der Waals surface area (Å²) in [6.07, 6.45) is 27.4. The third kappa shape index (κ3) is 6.10. The van der Waals surface area contributed by atoms with E-state index in [1.807, 2.05) is 0 Å². The maximum absolute atomic E-state index is 2.63. The highest BCUT2D eigenvalue weighted by Crippen LogP contribution is 2.57. The third-order valence-electron chi connectivity index (χ3n) is 12.4. The first-order chi connectivity index (χ1) is 16.6. The molecule has 0 aliphatic heterocycles. The molecule has 0 saturated heterocycles. The zero-order valence-electron chi connectivity index (χ0n) is 24.1. The van der Waals surface area contributed by atoms with E-state index in [0.717, 1.165) is 65.1 Å². The first-order valence-corrected chi connectivity index (χ1v) is 16.6. The van der Waals surface area contributed by atoms with Crippen molar-refractivity contribution in [1.82, 2.24) is 0 Å². The van der Waals surface area contributed by atoms with Gasteiger partial charge in [0.05, 0.1) is 0 Å². The summed E-state index contributed by atoms with van der Waals surface area (Å²) < 4.78 is 0. The molecule has 0 amide bonds. The van der Waals surface area contributed by atoms with Gasteiger partial charge in [0, 0.05) is 0 Å². The molecule has 11 atom stereocenters. The van der Waals surface area contributed by atoms with E-state index in [0.29, 0.717) is 0 Å². The Balaban J connectivity index is 0.000000226. The second-order valence-electron chi connectivity index (χ2n) is 14.1. The Hall–Kier alpha value is 0. The fourth-order valence-electron chi connectivity index (χ4n) is 10.5. The van der Waals surface area contributed by atoms with Crippen LogP contribution in [0.15, 0.2) is 0 Å². The first-order valence-electron chi connectivity index (χ1n) is 16.6. The Kier molecular flexibility index (Phi) is 10.3. The normalized spacial score (nSPS) is 46.3. The molecule has 5 aliphatic carbocycles. The van der Waals surface area contributed by atoms with Gasteiger partial charge in [-0.25, -0.2) is 0 Å². The van der Waals surface area contributed by atoms with Gasteiger partial charge in [0.1, 0.15) is 0 Å². The second kappa shape index (κ2) is 13.0. The predicted octanol–water partition coefficient (Wildman–Crippen LogP) is 10.9. The summed E-state index contributed by atoms with van der Waals surface area (Å²) in [6.45, 7) is 12.4. The minimum Gasteiger partial charge on any atom is -0.0654 e. The Bertz CT molecular complexity index is 577. The molecule has 11 unspecified atom stereocenters. The van der Waals surface area contributed by atoms with Crippen molar-refractivity contribution in [3.05, 3.63) is 0 Å². The molecule has 5 fully saturated rings. The molecule has 0 heteroatoms. The molecule has 0 N–H and O–H groups in total. The Morgan fingerprint density at radius 2 is 1.35 bits per heavy atom. The number of rotatable bonds is 6. The van der Waals surface area contributed by atoms with Crippen LogP contribution in [0.25, 0.3) is 0 Å². The van der Waals surface area contributed by atoms with Crippen LogP contribution in [0.2, 0.25) is 0 Å². The van der Waals surface area contributed by atoms with Gasteiger partial charge in [0.2, 0.25) is 0 Å². The fourth-order valence-corrected chi connectivity index (χ4v) is 10.5. The Morgan fingerprint density at radius 3 is 2.09 bits per heavy atom. The smallest absolute Gasteiger partial charge is 0.0321 e. The van der Waals surface area contributed by atoms with E-state index < -0.39 is 0 Å². The van der Waals surface area contributed by atoms with Crippen LogP contribution < -0.4 is 0 Å². The SMILES string of the molecule is CC1CCC2CCCCC12.CCCCC1C(C)CC2CCCC2C1C1CCC(CC)CC1CC. The van der Waals surface area contributed by atoms with E-state index >= 15 is 0 Å². The summed E-state index contributed by atoms with van der Waals surface area (Å²) in [4.78, 5) is 0. The molecule has 0 aromatic carbocycles. The number of hydrogen-bond donors (Lipinski definition) is 0. The fraction of sp³-hybridized carbons (Fsp3) is 1.00. The number of fused-ring (bicyclic) bond motifs is 2. The maximum Gasteiger partial charge on any atom is -0.0321 e. The van der Waals surface area contributed by atoms with Gasteiger partial charge in [-0.2, -0.15) is 0 Å². The van der Waals surface area contributed by atoms with Gasteiger partial charge in [0.25, 0.3) is 0 Å². The molecular weight excluding hydrogens is 408 g/mol. The monoisotopic (exact) mass is 470 g/mol. The van der Waals surface area contributed by atoms with Crippen molar-refractivity contribution in [2.75, 3.05) is 0 Å². The van der Waals surface area contributed by atoms with Crippen LogP contribution in [0.5, 0.6) is 0 Å². The predicted molar refractivity (Wildman–Crippen MR) is 150 cm³/mol. The van der Waals surface area contributed by atoms with Crippen molar-refractivity contribution in [1.29, 1.82) is 0 Å². The van der Waals surface area contributed by atoms with Gasteiger partial charge in [-0.15, -0.1) is 0 Å². The summed E-state index contributed by atoms with van der Waals surface area (Å²) in [5.74, 6) is 11.9. The lowest BCUT2D eigenvalue weighted by Crippen LogP contribution is -2.44. The zero-order valence-corrected chi connectivity index (χ0v) is 24.1. The van der Waals surface area contributed by atoms with Gasteiger partial charge < -0.3 is 0 Å². The van der Waals surface area contributed by atoms with Gasteiger partial charge in [-0.1, -0.05) is 105 Å². The number of hydrogen-bond acceptors (Lipinski definition) is 0. The molecule has 5 aliphatic rings. The molecule has 34 heavy (non-hydrogen) atoms. The van der Waals surface area contributed by atoms with E-state index in [2.05, 4.69) is 34.6 Å². The highest BCUT2D eigenvalue weighted by atomic mass is 14.5. The molecule has 5 rings (SSSR count). The number of unbranched alkanes of at least 4 members (excludes halogenated alkanes) is 1. The van der Waals surface area contributed by atoms with E-state index in [1.165, 1.54) is 51.4 Å². The highest BCUT2D eigenvalue weighted by Gasteiger charge is 2.49. The van der Waals surface area contributed by atoms with Crippen LogP contribution in [-0.4, -0.2) is 0 Å². The summed E-state index contributed by atoms with van der Waals surface area (Å²) in [7, 11) is 0. The average molecular weight is 471 g/mol. The van der Waals surface area contributed by atoms with Crippen LogP contribution in [-0.2, 0) is 0 Å². The van der Waals surface area contributed by atoms with Crippen molar-refractivity contribution < 1.29 is 0 Å². The van der Waals surface area contributed by atoms with Crippen LogP contribution in [0.4, 0.5) is 0 Å². The van der Waals surface area contributed by atoms with Crippen molar-refractivity contribution in [3.63, 3.8) is 0 Å². The van der Waals surface area contributed by atoms with Crippen LogP contribution in [0.3, 0.4) is 0 Å². The Morgan fingerprint density at radius 1 is 0.588 bits per heavy atom. The van der Waals surface area contributed by atoms with E-state index in [4.69, 9.17) is 0 Å². The molecule has 0 nitrogen and oxygen atoms in total. The minimum absolute atomic E-state index is 1.00. The molecule has 5 saturated carbocycles.